The standard InChI is InChI=1S/C14H22FN3/c1-17-8-10-18(11-9-17)14(6-7-16)12-2-4-13(15)5-3-12/h2-5,14H,6-11,16H2,1H3. The molecule has 0 saturated carbocycles. The number of likely N-dealkylation sites (N-methyl/N-ethyl adjacent to an activating group) is 1. The number of hydrogen-bond donors (Lipinski definition) is 1. The van der Waals surface area contributed by atoms with Crippen molar-refractivity contribution in [1.82, 2.24) is 9.80 Å². The maximum Gasteiger partial charge on any atom is 0.123 e. The predicted octanol–water partition coefficient (Wildman–Crippen LogP) is 1.46. The van der Waals surface area contributed by atoms with Crippen LogP contribution in [0, 0.1) is 5.82 Å². The Bertz CT molecular complexity index is 358. The Morgan fingerprint density at radius 2 is 1.78 bits per heavy atom. The summed E-state index contributed by atoms with van der Waals surface area (Å²) in [5.41, 5.74) is 6.89. The maximum atomic E-state index is 13.0. The zero-order valence-electron chi connectivity index (χ0n) is 11.0. The van der Waals surface area contributed by atoms with E-state index in [1.54, 1.807) is 0 Å². The zero-order chi connectivity index (χ0) is 13.0. The molecule has 4 heteroatoms. The fourth-order valence-corrected chi connectivity index (χ4v) is 2.54. The van der Waals surface area contributed by atoms with E-state index < -0.39 is 0 Å². The highest BCUT2D eigenvalue weighted by Gasteiger charge is 2.23. The van der Waals surface area contributed by atoms with E-state index in [0.717, 1.165) is 32.6 Å². The minimum atomic E-state index is -0.177. The maximum absolute atomic E-state index is 13.0. The molecule has 1 aromatic carbocycles. The van der Waals surface area contributed by atoms with Crippen LogP contribution in [0.15, 0.2) is 24.3 Å². The molecule has 1 unspecified atom stereocenters. The largest absolute Gasteiger partial charge is 0.330 e. The van der Waals surface area contributed by atoms with Crippen molar-refractivity contribution in [1.29, 1.82) is 0 Å². The van der Waals surface area contributed by atoms with Crippen LogP contribution in [0.3, 0.4) is 0 Å². The molecule has 18 heavy (non-hydrogen) atoms. The summed E-state index contributed by atoms with van der Waals surface area (Å²) in [5.74, 6) is -0.177. The Kier molecular flexibility index (Phi) is 4.69. The highest BCUT2D eigenvalue weighted by molar-refractivity contribution is 5.20. The first kappa shape index (κ1) is 13.5. The number of nitrogens with two attached hydrogens (primary N) is 1. The minimum absolute atomic E-state index is 0.177. The second kappa shape index (κ2) is 6.27. The van der Waals surface area contributed by atoms with Crippen molar-refractivity contribution in [3.63, 3.8) is 0 Å². The van der Waals surface area contributed by atoms with Gasteiger partial charge in [-0.3, -0.25) is 4.90 Å². The third kappa shape index (κ3) is 3.28. The number of nitrogens with zero attached hydrogens (tertiary/aromatic N) is 2. The Morgan fingerprint density at radius 3 is 2.33 bits per heavy atom. The third-order valence-electron chi connectivity index (χ3n) is 3.67. The van der Waals surface area contributed by atoms with E-state index in [1.165, 1.54) is 17.7 Å². The molecule has 1 aromatic rings. The van der Waals surface area contributed by atoms with Crippen LogP contribution in [-0.2, 0) is 0 Å². The predicted molar refractivity (Wildman–Crippen MR) is 71.9 cm³/mol. The van der Waals surface area contributed by atoms with Gasteiger partial charge in [0.25, 0.3) is 0 Å². The molecule has 0 spiro atoms. The van der Waals surface area contributed by atoms with Crippen molar-refractivity contribution in [2.45, 2.75) is 12.5 Å². The van der Waals surface area contributed by atoms with Crippen molar-refractivity contribution in [2.24, 2.45) is 5.73 Å². The van der Waals surface area contributed by atoms with E-state index in [-0.39, 0.29) is 5.82 Å². The Balaban J connectivity index is 2.09. The van der Waals surface area contributed by atoms with Crippen molar-refractivity contribution in [2.75, 3.05) is 39.8 Å². The van der Waals surface area contributed by atoms with Gasteiger partial charge >= 0.3 is 0 Å². The molecule has 1 aliphatic heterocycles. The molecule has 0 radical (unpaired) electrons. The van der Waals surface area contributed by atoms with Crippen molar-refractivity contribution < 1.29 is 4.39 Å². The van der Waals surface area contributed by atoms with E-state index >= 15 is 0 Å². The molecule has 1 fully saturated rings. The van der Waals surface area contributed by atoms with Crippen LogP contribution >= 0.6 is 0 Å². The molecule has 3 nitrogen and oxygen atoms in total. The minimum Gasteiger partial charge on any atom is -0.330 e. The summed E-state index contributed by atoms with van der Waals surface area (Å²) in [4.78, 5) is 4.79. The Morgan fingerprint density at radius 1 is 1.17 bits per heavy atom. The number of rotatable bonds is 4. The fourth-order valence-electron chi connectivity index (χ4n) is 2.54. The highest BCUT2D eigenvalue weighted by Crippen LogP contribution is 2.25. The summed E-state index contributed by atoms with van der Waals surface area (Å²) in [6.45, 7) is 4.94. The molecule has 2 N–H and O–H groups in total. The van der Waals surface area contributed by atoms with Crippen molar-refractivity contribution >= 4 is 0 Å². The molecule has 0 amide bonds. The van der Waals surface area contributed by atoms with Gasteiger partial charge in [0.05, 0.1) is 0 Å². The van der Waals surface area contributed by atoms with Gasteiger partial charge in [-0.2, -0.15) is 0 Å². The average Bonchev–Trinajstić information content (AvgIpc) is 2.39. The SMILES string of the molecule is CN1CCN(C(CCN)c2ccc(F)cc2)CC1. The van der Waals surface area contributed by atoms with Crippen molar-refractivity contribution in [3.05, 3.63) is 35.6 Å². The third-order valence-corrected chi connectivity index (χ3v) is 3.67. The number of benzene rings is 1. The summed E-state index contributed by atoms with van der Waals surface area (Å²) in [6, 6.07) is 7.16. The second-order valence-electron chi connectivity index (χ2n) is 4.98. The molecule has 2 rings (SSSR count). The van der Waals surface area contributed by atoms with E-state index in [0.29, 0.717) is 12.6 Å². The van der Waals surface area contributed by atoms with Crippen LogP contribution in [0.2, 0.25) is 0 Å². The molecule has 0 bridgehead atoms. The summed E-state index contributed by atoms with van der Waals surface area (Å²) >= 11 is 0. The van der Waals surface area contributed by atoms with Crippen LogP contribution in [0.5, 0.6) is 0 Å². The van der Waals surface area contributed by atoms with E-state index in [9.17, 15) is 4.39 Å². The monoisotopic (exact) mass is 251 g/mol. The van der Waals surface area contributed by atoms with Crippen LogP contribution in [0.25, 0.3) is 0 Å². The molecule has 1 atom stereocenters. The Labute approximate surface area is 108 Å². The summed E-state index contributed by atoms with van der Waals surface area (Å²) < 4.78 is 13.0. The van der Waals surface area contributed by atoms with Gasteiger partial charge in [0, 0.05) is 32.2 Å². The summed E-state index contributed by atoms with van der Waals surface area (Å²) in [7, 11) is 2.15. The number of hydrogen-bond acceptors (Lipinski definition) is 3. The zero-order valence-corrected chi connectivity index (χ0v) is 11.0. The van der Waals surface area contributed by atoms with E-state index in [1.807, 2.05) is 12.1 Å². The molecule has 1 heterocycles. The smallest absolute Gasteiger partial charge is 0.123 e. The van der Waals surface area contributed by atoms with Crippen LogP contribution < -0.4 is 5.73 Å². The van der Waals surface area contributed by atoms with Crippen molar-refractivity contribution in [3.8, 4) is 0 Å². The summed E-state index contributed by atoms with van der Waals surface area (Å²) in [5, 5.41) is 0. The van der Waals surface area contributed by atoms with Gasteiger partial charge in [-0.15, -0.1) is 0 Å². The topological polar surface area (TPSA) is 32.5 Å². The van der Waals surface area contributed by atoms with Gasteiger partial charge in [0.1, 0.15) is 5.82 Å². The number of halogens is 1. The first-order valence-electron chi connectivity index (χ1n) is 6.59. The lowest BCUT2D eigenvalue weighted by atomic mass is 10.0. The van der Waals surface area contributed by atoms with Crippen LogP contribution in [0.4, 0.5) is 4.39 Å². The average molecular weight is 251 g/mol. The summed E-state index contributed by atoms with van der Waals surface area (Å²) in [6.07, 6.45) is 0.926. The lowest BCUT2D eigenvalue weighted by Gasteiger charge is -2.38. The first-order chi connectivity index (χ1) is 8.70. The molecule has 1 saturated heterocycles. The molecule has 100 valence electrons. The fraction of sp³-hybridized carbons (Fsp3) is 0.571. The quantitative estimate of drug-likeness (QED) is 0.879. The normalized spacial score (nSPS) is 19.9. The molecule has 0 aromatic heterocycles. The van der Waals surface area contributed by atoms with Gasteiger partial charge < -0.3 is 10.6 Å². The van der Waals surface area contributed by atoms with Crippen LogP contribution in [-0.4, -0.2) is 49.6 Å². The first-order valence-corrected chi connectivity index (χ1v) is 6.59. The van der Waals surface area contributed by atoms with Gasteiger partial charge in [-0.1, -0.05) is 12.1 Å². The van der Waals surface area contributed by atoms with E-state index in [4.69, 9.17) is 5.73 Å². The molecule has 0 aliphatic carbocycles. The van der Waals surface area contributed by atoms with Gasteiger partial charge in [-0.05, 0) is 37.7 Å². The lowest BCUT2D eigenvalue weighted by molar-refractivity contribution is 0.108. The molecular formula is C14H22FN3. The van der Waals surface area contributed by atoms with E-state index in [2.05, 4.69) is 16.8 Å². The van der Waals surface area contributed by atoms with Crippen LogP contribution in [0.1, 0.15) is 18.0 Å². The highest BCUT2D eigenvalue weighted by atomic mass is 19.1. The Hall–Kier alpha value is -0.970. The van der Waals surface area contributed by atoms with Gasteiger partial charge in [0.2, 0.25) is 0 Å². The van der Waals surface area contributed by atoms with Gasteiger partial charge in [-0.25, -0.2) is 4.39 Å². The molecule has 1 aliphatic rings. The van der Waals surface area contributed by atoms with Gasteiger partial charge in [0.15, 0.2) is 0 Å². The number of piperazine rings is 1. The molecular weight excluding hydrogens is 229 g/mol. The lowest BCUT2D eigenvalue weighted by Crippen LogP contribution is -2.46. The second-order valence-corrected chi connectivity index (χ2v) is 4.98.